The lowest BCUT2D eigenvalue weighted by molar-refractivity contribution is 0.689. The quantitative estimate of drug-likeness (QED) is 0.598. The summed E-state index contributed by atoms with van der Waals surface area (Å²) in [5.74, 6) is 2.03. The van der Waals surface area contributed by atoms with Crippen LogP contribution >= 0.6 is 11.8 Å². The van der Waals surface area contributed by atoms with Gasteiger partial charge in [-0.2, -0.15) is 11.8 Å². The molecule has 0 aliphatic carbocycles. The Balaban J connectivity index is 2.34. The van der Waals surface area contributed by atoms with E-state index in [4.69, 9.17) is 0 Å². The molecule has 1 aliphatic rings. The molecule has 0 unspecified atom stereocenters. The fraction of sp³-hybridized carbons (Fsp3) is 0.636. The monoisotopic (exact) mass is 182 g/mol. The number of unbranched alkanes of at least 4 members (excludes halogenated alkanes) is 1. The normalized spacial score (nSPS) is 29.8. The first kappa shape index (κ1) is 9.91. The van der Waals surface area contributed by atoms with E-state index in [1.54, 1.807) is 0 Å². The van der Waals surface area contributed by atoms with E-state index in [9.17, 15) is 0 Å². The molecule has 0 radical (unpaired) electrons. The molecule has 0 spiro atoms. The van der Waals surface area contributed by atoms with Crippen LogP contribution in [0.4, 0.5) is 0 Å². The molecular weight excluding hydrogens is 164 g/mol. The molecule has 0 aromatic rings. The van der Waals surface area contributed by atoms with E-state index in [2.05, 4.69) is 43.5 Å². The molecule has 0 aromatic heterocycles. The standard InChI is InChI=1S/C11H18S/c1-3-5-6-7-11-10(4-2)8-9-12-11/h4,6-7,10-11H,2-3,5,8-9H2,1H3/b7-6+/t10-,11-/m1/s1. The predicted molar refractivity (Wildman–Crippen MR) is 58.6 cm³/mol. The molecular formula is C11H18S. The maximum absolute atomic E-state index is 3.87. The average Bonchev–Trinajstić information content (AvgIpc) is 2.52. The molecule has 1 aliphatic heterocycles. The van der Waals surface area contributed by atoms with Crippen molar-refractivity contribution in [2.24, 2.45) is 5.92 Å². The van der Waals surface area contributed by atoms with Crippen LogP contribution in [0.1, 0.15) is 26.2 Å². The first-order chi connectivity index (χ1) is 5.88. The van der Waals surface area contributed by atoms with Gasteiger partial charge in [0.05, 0.1) is 0 Å². The van der Waals surface area contributed by atoms with Crippen LogP contribution in [-0.2, 0) is 0 Å². The van der Waals surface area contributed by atoms with E-state index < -0.39 is 0 Å². The molecule has 0 amide bonds. The van der Waals surface area contributed by atoms with Crippen LogP contribution < -0.4 is 0 Å². The first-order valence-corrected chi connectivity index (χ1v) is 5.84. The molecule has 12 heavy (non-hydrogen) atoms. The summed E-state index contributed by atoms with van der Waals surface area (Å²) in [6.45, 7) is 6.09. The summed E-state index contributed by atoms with van der Waals surface area (Å²) in [5.41, 5.74) is 0. The highest BCUT2D eigenvalue weighted by Gasteiger charge is 2.22. The molecule has 1 saturated heterocycles. The number of thioether (sulfide) groups is 1. The summed E-state index contributed by atoms with van der Waals surface area (Å²) in [7, 11) is 0. The van der Waals surface area contributed by atoms with Gasteiger partial charge in [-0.1, -0.05) is 31.6 Å². The Labute approximate surface area is 80.1 Å². The van der Waals surface area contributed by atoms with E-state index in [0.29, 0.717) is 5.25 Å². The molecule has 1 fully saturated rings. The third-order valence-electron chi connectivity index (χ3n) is 2.27. The smallest absolute Gasteiger partial charge is 0.0290 e. The maximum Gasteiger partial charge on any atom is 0.0290 e. The van der Waals surface area contributed by atoms with E-state index in [1.165, 1.54) is 25.0 Å². The van der Waals surface area contributed by atoms with Crippen molar-refractivity contribution in [2.75, 3.05) is 5.75 Å². The first-order valence-electron chi connectivity index (χ1n) is 4.79. The molecule has 0 saturated carbocycles. The summed E-state index contributed by atoms with van der Waals surface area (Å²) in [6, 6.07) is 0. The lowest BCUT2D eigenvalue weighted by atomic mass is 10.0. The van der Waals surface area contributed by atoms with Gasteiger partial charge in [0.2, 0.25) is 0 Å². The van der Waals surface area contributed by atoms with Crippen LogP contribution in [0.5, 0.6) is 0 Å². The molecule has 2 atom stereocenters. The van der Waals surface area contributed by atoms with Crippen molar-refractivity contribution in [1.29, 1.82) is 0 Å². The van der Waals surface area contributed by atoms with E-state index in [0.717, 1.165) is 5.92 Å². The van der Waals surface area contributed by atoms with Crippen molar-refractivity contribution >= 4 is 11.8 Å². The van der Waals surface area contributed by atoms with Gasteiger partial charge in [-0.05, 0) is 24.5 Å². The Morgan fingerprint density at radius 2 is 2.42 bits per heavy atom. The average molecular weight is 182 g/mol. The topological polar surface area (TPSA) is 0 Å². The third-order valence-corrected chi connectivity index (χ3v) is 3.63. The van der Waals surface area contributed by atoms with Gasteiger partial charge in [-0.3, -0.25) is 0 Å². The SMILES string of the molecule is C=C[C@@H]1CCS[C@@H]1/C=C/CCC. The lowest BCUT2D eigenvalue weighted by Crippen LogP contribution is -2.04. The van der Waals surface area contributed by atoms with Crippen LogP contribution in [0.2, 0.25) is 0 Å². The molecule has 1 rings (SSSR count). The predicted octanol–water partition coefficient (Wildman–Crippen LogP) is 3.65. The maximum atomic E-state index is 3.87. The Morgan fingerprint density at radius 3 is 3.08 bits per heavy atom. The van der Waals surface area contributed by atoms with Gasteiger partial charge in [0.25, 0.3) is 0 Å². The van der Waals surface area contributed by atoms with Crippen molar-refractivity contribution in [3.8, 4) is 0 Å². The van der Waals surface area contributed by atoms with Crippen molar-refractivity contribution in [1.82, 2.24) is 0 Å². The van der Waals surface area contributed by atoms with Crippen molar-refractivity contribution in [3.63, 3.8) is 0 Å². The number of rotatable bonds is 4. The Hall–Kier alpha value is -0.170. The second kappa shape index (κ2) is 5.47. The van der Waals surface area contributed by atoms with Crippen LogP contribution in [0.25, 0.3) is 0 Å². The van der Waals surface area contributed by atoms with Gasteiger partial charge in [0, 0.05) is 5.25 Å². The molecule has 0 nitrogen and oxygen atoms in total. The zero-order valence-electron chi connectivity index (χ0n) is 7.83. The molecule has 68 valence electrons. The number of allylic oxidation sites excluding steroid dienone is 2. The minimum absolute atomic E-state index is 0.717. The van der Waals surface area contributed by atoms with E-state index >= 15 is 0 Å². The Bertz CT molecular complexity index is 160. The molecule has 1 heterocycles. The van der Waals surface area contributed by atoms with Crippen LogP contribution in [0.15, 0.2) is 24.8 Å². The fourth-order valence-electron chi connectivity index (χ4n) is 1.48. The minimum Gasteiger partial charge on any atom is -0.154 e. The van der Waals surface area contributed by atoms with Crippen molar-refractivity contribution < 1.29 is 0 Å². The molecule has 1 heteroatoms. The van der Waals surface area contributed by atoms with Gasteiger partial charge in [0.15, 0.2) is 0 Å². The highest BCUT2D eigenvalue weighted by Crippen LogP contribution is 2.33. The van der Waals surface area contributed by atoms with Crippen molar-refractivity contribution in [2.45, 2.75) is 31.4 Å². The molecule has 0 bridgehead atoms. The van der Waals surface area contributed by atoms with Crippen LogP contribution in [0, 0.1) is 5.92 Å². The second-order valence-electron chi connectivity index (χ2n) is 3.24. The van der Waals surface area contributed by atoms with Gasteiger partial charge in [0.1, 0.15) is 0 Å². The summed E-state index contributed by atoms with van der Waals surface area (Å²) >= 11 is 2.07. The lowest BCUT2D eigenvalue weighted by Gasteiger charge is -2.09. The fourth-order valence-corrected chi connectivity index (χ4v) is 2.87. The van der Waals surface area contributed by atoms with Gasteiger partial charge in [-0.15, -0.1) is 6.58 Å². The minimum atomic E-state index is 0.717. The Morgan fingerprint density at radius 1 is 1.58 bits per heavy atom. The highest BCUT2D eigenvalue weighted by molar-refractivity contribution is 8.00. The summed E-state index contributed by atoms with van der Waals surface area (Å²) < 4.78 is 0. The van der Waals surface area contributed by atoms with Crippen LogP contribution in [-0.4, -0.2) is 11.0 Å². The number of hydrogen-bond donors (Lipinski definition) is 0. The zero-order chi connectivity index (χ0) is 8.81. The van der Waals surface area contributed by atoms with E-state index in [-0.39, 0.29) is 0 Å². The summed E-state index contributed by atoms with van der Waals surface area (Å²) in [6.07, 6.45) is 10.6. The van der Waals surface area contributed by atoms with Gasteiger partial charge in [-0.25, -0.2) is 0 Å². The third kappa shape index (κ3) is 2.71. The van der Waals surface area contributed by atoms with Gasteiger partial charge < -0.3 is 0 Å². The zero-order valence-corrected chi connectivity index (χ0v) is 8.65. The summed E-state index contributed by atoms with van der Waals surface area (Å²) in [4.78, 5) is 0. The highest BCUT2D eigenvalue weighted by atomic mass is 32.2. The number of hydrogen-bond acceptors (Lipinski definition) is 1. The summed E-state index contributed by atoms with van der Waals surface area (Å²) in [5, 5.41) is 0.717. The largest absolute Gasteiger partial charge is 0.154 e. The van der Waals surface area contributed by atoms with E-state index in [1.807, 2.05) is 0 Å². The molecule has 0 N–H and O–H groups in total. The van der Waals surface area contributed by atoms with Gasteiger partial charge >= 0.3 is 0 Å². The van der Waals surface area contributed by atoms with Crippen LogP contribution in [0.3, 0.4) is 0 Å². The molecule has 0 aromatic carbocycles. The van der Waals surface area contributed by atoms with Crippen molar-refractivity contribution in [3.05, 3.63) is 24.8 Å². The second-order valence-corrected chi connectivity index (χ2v) is 4.53. The Kier molecular flexibility index (Phi) is 4.52.